The van der Waals surface area contributed by atoms with Gasteiger partial charge < -0.3 is 0 Å². The summed E-state index contributed by atoms with van der Waals surface area (Å²) < 4.78 is 3.55. The van der Waals surface area contributed by atoms with Crippen LogP contribution in [0, 0.1) is 0 Å². The minimum atomic E-state index is -0.960. The van der Waals surface area contributed by atoms with Crippen LogP contribution in [0.1, 0.15) is 0 Å². The van der Waals surface area contributed by atoms with Crippen molar-refractivity contribution < 1.29 is 0 Å². The zero-order chi connectivity index (χ0) is 8.77. The molecule has 0 radical (unpaired) electrons. The van der Waals surface area contributed by atoms with Crippen molar-refractivity contribution in [3.8, 4) is 0 Å². The maximum atomic E-state index is 2.47. The van der Waals surface area contributed by atoms with Gasteiger partial charge in [-0.3, -0.25) is 0 Å². The third-order valence-corrected chi connectivity index (χ3v) is 13.7. The van der Waals surface area contributed by atoms with Gasteiger partial charge in [-0.25, -0.2) is 0 Å². The van der Waals surface area contributed by atoms with Gasteiger partial charge in [0.1, 0.15) is 0 Å². The molecular formula is C9H12SSiTe. The summed E-state index contributed by atoms with van der Waals surface area (Å²) in [6.45, 7) is 7.38. The van der Waals surface area contributed by atoms with Crippen molar-refractivity contribution in [1.29, 1.82) is 0 Å². The Labute approximate surface area is 87.9 Å². The Hall–Kier alpha value is 0.446. The third kappa shape index (κ3) is 1.56. The number of hydrogen-bond acceptors (Lipinski definition) is 1. The van der Waals surface area contributed by atoms with E-state index in [0.717, 1.165) is 0 Å². The van der Waals surface area contributed by atoms with Crippen molar-refractivity contribution in [3.05, 3.63) is 17.5 Å². The zero-order valence-corrected chi connectivity index (χ0v) is 11.7. The molecule has 2 aromatic heterocycles. The fourth-order valence-corrected chi connectivity index (χ4v) is 9.77. The van der Waals surface area contributed by atoms with Crippen LogP contribution < -0.4 is 3.20 Å². The molecule has 64 valence electrons. The van der Waals surface area contributed by atoms with Gasteiger partial charge in [0, 0.05) is 0 Å². The summed E-state index contributed by atoms with van der Waals surface area (Å²) in [6.07, 6.45) is 0. The molecule has 0 unspecified atom stereocenters. The van der Waals surface area contributed by atoms with Crippen LogP contribution in [0.5, 0.6) is 0 Å². The monoisotopic (exact) mass is 310 g/mol. The summed E-state index contributed by atoms with van der Waals surface area (Å²) in [5, 5.41) is 3.77. The topological polar surface area (TPSA) is 0 Å². The Balaban J connectivity index is 2.59. The van der Waals surface area contributed by atoms with Gasteiger partial charge in [0.2, 0.25) is 0 Å². The SMILES string of the molecule is C[Si](C)(C)c1cc2ccsc2[te]1. The van der Waals surface area contributed by atoms with Gasteiger partial charge in [-0.15, -0.1) is 0 Å². The standard InChI is InChI=1S/C9H12SSiTe/c1-11(2,3)8-6-7-4-5-10-9(7)12-8/h4-6H,1-3H3. The van der Waals surface area contributed by atoms with E-state index in [1.54, 1.807) is 8.10 Å². The second kappa shape index (κ2) is 2.99. The molecule has 0 aliphatic rings. The molecule has 0 aliphatic heterocycles. The Morgan fingerprint density at radius 3 is 2.67 bits per heavy atom. The van der Waals surface area contributed by atoms with E-state index in [1.807, 2.05) is 14.5 Å². The summed E-state index contributed by atoms with van der Waals surface area (Å²) in [5.41, 5.74) is 0. The molecule has 0 amide bonds. The predicted octanol–water partition coefficient (Wildman–Crippen LogP) is 2.50. The van der Waals surface area contributed by atoms with Gasteiger partial charge in [-0.05, 0) is 0 Å². The summed E-state index contributed by atoms with van der Waals surface area (Å²) in [5.74, 6) is 0. The van der Waals surface area contributed by atoms with Crippen molar-refractivity contribution in [2.75, 3.05) is 0 Å². The Morgan fingerprint density at radius 2 is 2.08 bits per heavy atom. The van der Waals surface area contributed by atoms with Gasteiger partial charge in [0.15, 0.2) is 0 Å². The van der Waals surface area contributed by atoms with E-state index in [4.69, 9.17) is 0 Å². The van der Waals surface area contributed by atoms with Crippen molar-refractivity contribution in [2.24, 2.45) is 0 Å². The van der Waals surface area contributed by atoms with Crippen LogP contribution in [0.3, 0.4) is 0 Å². The molecule has 0 saturated carbocycles. The van der Waals surface area contributed by atoms with Crippen LogP contribution in [-0.4, -0.2) is 28.5 Å². The third-order valence-electron chi connectivity index (χ3n) is 1.89. The Kier molecular flexibility index (Phi) is 2.25. The van der Waals surface area contributed by atoms with E-state index in [-0.39, 0.29) is 20.4 Å². The van der Waals surface area contributed by atoms with E-state index >= 15 is 0 Å². The fourth-order valence-electron chi connectivity index (χ4n) is 1.14. The first-order chi connectivity index (χ1) is 5.57. The Bertz CT molecular complexity index is 365. The molecular weight excluding hydrogens is 296 g/mol. The maximum absolute atomic E-state index is 2.47. The first kappa shape index (κ1) is 9.02. The molecule has 0 saturated heterocycles. The average Bonchev–Trinajstić information content (AvgIpc) is 2.37. The molecule has 3 heteroatoms. The number of thiophene rings is 1. The summed E-state index contributed by atoms with van der Waals surface area (Å²) in [4.78, 5) is 0. The van der Waals surface area contributed by atoms with Crippen LogP contribution in [0.15, 0.2) is 17.5 Å². The number of rotatable bonds is 1. The minimum absolute atomic E-state index is 0.0652. The molecule has 0 N–H and O–H groups in total. The molecule has 12 heavy (non-hydrogen) atoms. The van der Waals surface area contributed by atoms with Crippen LogP contribution >= 0.6 is 11.3 Å². The average molecular weight is 308 g/mol. The molecule has 0 bridgehead atoms. The number of fused-ring (bicyclic) bond motifs is 1. The number of hydrogen-bond donors (Lipinski definition) is 0. The Morgan fingerprint density at radius 1 is 1.33 bits per heavy atom. The summed E-state index contributed by atoms with van der Waals surface area (Å²) >= 11 is 2.03. The molecule has 2 aromatic rings. The van der Waals surface area contributed by atoms with Gasteiger partial charge in [-0.2, -0.15) is 0 Å². The van der Waals surface area contributed by atoms with Gasteiger partial charge >= 0.3 is 88.3 Å². The van der Waals surface area contributed by atoms with Crippen molar-refractivity contribution >= 4 is 51.1 Å². The van der Waals surface area contributed by atoms with Crippen molar-refractivity contribution in [3.63, 3.8) is 0 Å². The zero-order valence-electron chi connectivity index (χ0n) is 7.55. The van der Waals surface area contributed by atoms with Gasteiger partial charge in [0.05, 0.1) is 0 Å². The quantitative estimate of drug-likeness (QED) is 0.710. The molecule has 2 heterocycles. The van der Waals surface area contributed by atoms with E-state index in [0.29, 0.717) is 0 Å². The van der Waals surface area contributed by atoms with Crippen molar-refractivity contribution in [2.45, 2.75) is 19.6 Å². The van der Waals surface area contributed by atoms with E-state index in [1.165, 1.54) is 0 Å². The van der Waals surface area contributed by atoms with Gasteiger partial charge in [-0.1, -0.05) is 0 Å². The second-order valence-corrected chi connectivity index (χ2v) is 14.9. The molecule has 0 nitrogen and oxygen atoms in total. The first-order valence-corrected chi connectivity index (χ1v) is 10.8. The second-order valence-electron chi connectivity index (χ2n) is 4.02. The van der Waals surface area contributed by atoms with Crippen LogP contribution in [0.2, 0.25) is 19.6 Å². The first-order valence-electron chi connectivity index (χ1n) is 4.05. The molecule has 0 fully saturated rings. The summed E-state index contributed by atoms with van der Waals surface area (Å²) in [6, 6.07) is 4.75. The van der Waals surface area contributed by atoms with E-state index in [9.17, 15) is 0 Å². The fraction of sp³-hybridized carbons (Fsp3) is 0.333. The normalized spacial score (nSPS) is 12.6. The van der Waals surface area contributed by atoms with Crippen LogP contribution in [0.25, 0.3) is 8.10 Å². The molecule has 0 aromatic carbocycles. The predicted molar refractivity (Wildman–Crippen MR) is 61.7 cm³/mol. The van der Waals surface area contributed by atoms with E-state index < -0.39 is 8.07 Å². The van der Waals surface area contributed by atoms with E-state index in [2.05, 4.69) is 37.2 Å². The molecule has 0 atom stereocenters. The van der Waals surface area contributed by atoms with Gasteiger partial charge in [0.25, 0.3) is 0 Å². The molecule has 0 aliphatic carbocycles. The van der Waals surface area contributed by atoms with Crippen LogP contribution in [0.4, 0.5) is 0 Å². The summed E-state index contributed by atoms with van der Waals surface area (Å²) in [7, 11) is -0.960. The molecule has 2 rings (SSSR count). The molecule has 0 spiro atoms. The van der Waals surface area contributed by atoms with Crippen LogP contribution in [-0.2, 0) is 0 Å². The van der Waals surface area contributed by atoms with Crippen molar-refractivity contribution in [1.82, 2.24) is 0 Å².